The minimum Gasteiger partial charge on any atom is -0.497 e. The zero-order chi connectivity index (χ0) is 20.7. The Morgan fingerprint density at radius 3 is 2.64 bits per heavy atom. The molecular weight excluding hydrogens is 354 g/mol. The molecule has 0 aliphatic rings. The van der Waals surface area contributed by atoms with Crippen LogP contribution in [-0.2, 0) is 13.1 Å². The van der Waals surface area contributed by atoms with E-state index >= 15 is 0 Å². The lowest BCUT2D eigenvalue weighted by molar-refractivity contribution is 0.0934. The van der Waals surface area contributed by atoms with Crippen molar-refractivity contribution in [3.8, 4) is 5.75 Å². The molecule has 2 rings (SSSR count). The Labute approximate surface area is 168 Å². The molecule has 0 aliphatic heterocycles. The number of amides is 1. The van der Waals surface area contributed by atoms with Crippen LogP contribution in [0.1, 0.15) is 63.0 Å². The van der Waals surface area contributed by atoms with Crippen LogP contribution in [-0.4, -0.2) is 35.0 Å². The highest BCUT2D eigenvalue weighted by Crippen LogP contribution is 2.20. The van der Waals surface area contributed by atoms with Crippen molar-refractivity contribution >= 4 is 5.91 Å². The number of nitrogens with zero attached hydrogens (tertiary/aromatic N) is 2. The van der Waals surface area contributed by atoms with Crippen LogP contribution in [0.4, 0.5) is 0 Å². The molecule has 1 N–H and O–H groups in total. The number of benzene rings is 1. The van der Waals surface area contributed by atoms with E-state index in [0.717, 1.165) is 24.3 Å². The molecule has 2 aromatic rings. The van der Waals surface area contributed by atoms with Crippen LogP contribution in [0.15, 0.2) is 34.9 Å². The summed E-state index contributed by atoms with van der Waals surface area (Å²) in [5, 5.41) is 2.92. The van der Waals surface area contributed by atoms with E-state index in [2.05, 4.69) is 42.0 Å². The van der Waals surface area contributed by atoms with Gasteiger partial charge in [-0.15, -0.1) is 0 Å². The molecule has 1 amide bonds. The van der Waals surface area contributed by atoms with Gasteiger partial charge in [0.15, 0.2) is 5.69 Å². The molecule has 154 valence electrons. The lowest BCUT2D eigenvalue weighted by Gasteiger charge is -2.30. The minimum absolute atomic E-state index is 0.109. The van der Waals surface area contributed by atoms with Gasteiger partial charge in [0.1, 0.15) is 12.0 Å². The molecule has 0 unspecified atom stereocenters. The van der Waals surface area contributed by atoms with E-state index in [9.17, 15) is 4.79 Å². The van der Waals surface area contributed by atoms with Crippen LogP contribution in [0.5, 0.6) is 5.75 Å². The first-order valence-electron chi connectivity index (χ1n) is 9.96. The highest BCUT2D eigenvalue weighted by Gasteiger charge is 2.21. The van der Waals surface area contributed by atoms with Gasteiger partial charge in [0.2, 0.25) is 5.89 Å². The van der Waals surface area contributed by atoms with Crippen molar-refractivity contribution in [2.75, 3.05) is 7.11 Å². The van der Waals surface area contributed by atoms with E-state index in [1.54, 1.807) is 7.11 Å². The summed E-state index contributed by atoms with van der Waals surface area (Å²) >= 11 is 0. The summed E-state index contributed by atoms with van der Waals surface area (Å²) in [5.74, 6) is 1.66. The van der Waals surface area contributed by atoms with Crippen LogP contribution >= 0.6 is 0 Å². The van der Waals surface area contributed by atoms with Gasteiger partial charge in [0, 0.05) is 18.6 Å². The van der Waals surface area contributed by atoms with E-state index in [1.165, 1.54) is 6.26 Å². The molecule has 6 nitrogen and oxygen atoms in total. The highest BCUT2D eigenvalue weighted by molar-refractivity contribution is 5.92. The van der Waals surface area contributed by atoms with Crippen molar-refractivity contribution in [2.45, 2.75) is 66.2 Å². The van der Waals surface area contributed by atoms with E-state index in [1.807, 2.05) is 32.0 Å². The topological polar surface area (TPSA) is 67.6 Å². The molecule has 6 heteroatoms. The molecule has 0 saturated heterocycles. The largest absolute Gasteiger partial charge is 0.497 e. The van der Waals surface area contributed by atoms with E-state index in [-0.39, 0.29) is 11.9 Å². The third kappa shape index (κ3) is 6.09. The SMILES string of the molecule is CC[C@@H](C)NC(=O)c1coc(CN(Cc2cccc(OC)c2)[C@H](C)C(C)C)n1. The van der Waals surface area contributed by atoms with Gasteiger partial charge in [-0.1, -0.05) is 32.9 Å². The van der Waals surface area contributed by atoms with E-state index < -0.39 is 0 Å². The standard InChI is InChI=1S/C22H33N3O3/c1-7-16(4)23-22(26)20-14-28-21(24-20)13-25(17(5)15(2)3)12-18-9-8-10-19(11-18)27-6/h8-11,14-17H,7,12-13H2,1-6H3,(H,23,26)/t16-,17-/m1/s1. The summed E-state index contributed by atoms with van der Waals surface area (Å²) in [6, 6.07) is 8.49. The Kier molecular flexibility index (Phi) is 8.05. The van der Waals surface area contributed by atoms with Crippen molar-refractivity contribution in [3.05, 3.63) is 47.7 Å². The number of hydrogen-bond donors (Lipinski definition) is 1. The van der Waals surface area contributed by atoms with Crippen LogP contribution in [0.2, 0.25) is 0 Å². The predicted molar refractivity (Wildman–Crippen MR) is 110 cm³/mol. The predicted octanol–water partition coefficient (Wildman–Crippen LogP) is 4.26. The summed E-state index contributed by atoms with van der Waals surface area (Å²) in [4.78, 5) is 19.0. The summed E-state index contributed by atoms with van der Waals surface area (Å²) in [5.41, 5.74) is 1.49. The van der Waals surface area contributed by atoms with Crippen LogP contribution in [0, 0.1) is 5.92 Å². The molecule has 0 radical (unpaired) electrons. The number of carbonyl (C=O) groups is 1. The van der Waals surface area contributed by atoms with E-state index in [0.29, 0.717) is 30.1 Å². The first-order valence-corrected chi connectivity index (χ1v) is 9.96. The summed E-state index contributed by atoms with van der Waals surface area (Å²) in [7, 11) is 1.67. The zero-order valence-electron chi connectivity index (χ0n) is 17.9. The minimum atomic E-state index is -0.194. The van der Waals surface area contributed by atoms with Crippen molar-refractivity contribution < 1.29 is 13.9 Å². The third-order valence-corrected chi connectivity index (χ3v) is 5.17. The summed E-state index contributed by atoms with van der Waals surface area (Å²) in [6.45, 7) is 11.9. The molecule has 1 aromatic heterocycles. The first kappa shape index (κ1) is 22.0. The first-order chi connectivity index (χ1) is 13.3. The third-order valence-electron chi connectivity index (χ3n) is 5.17. The van der Waals surface area contributed by atoms with Gasteiger partial charge in [0.25, 0.3) is 5.91 Å². The molecule has 0 aliphatic carbocycles. The second-order valence-electron chi connectivity index (χ2n) is 7.65. The average molecular weight is 388 g/mol. The number of methoxy groups -OCH3 is 1. The quantitative estimate of drug-likeness (QED) is 0.660. The molecule has 28 heavy (non-hydrogen) atoms. The van der Waals surface area contributed by atoms with Gasteiger partial charge in [0.05, 0.1) is 13.7 Å². The Morgan fingerprint density at radius 2 is 2.00 bits per heavy atom. The van der Waals surface area contributed by atoms with Gasteiger partial charge < -0.3 is 14.5 Å². The monoisotopic (exact) mass is 387 g/mol. The molecule has 0 spiro atoms. The number of oxazole rings is 1. The van der Waals surface area contributed by atoms with Crippen molar-refractivity contribution in [1.29, 1.82) is 0 Å². The Balaban J connectivity index is 2.13. The molecule has 0 bridgehead atoms. The second kappa shape index (κ2) is 10.3. The molecular formula is C22H33N3O3. The van der Waals surface area contributed by atoms with E-state index in [4.69, 9.17) is 9.15 Å². The van der Waals surface area contributed by atoms with Gasteiger partial charge >= 0.3 is 0 Å². The van der Waals surface area contributed by atoms with Crippen molar-refractivity contribution in [3.63, 3.8) is 0 Å². The number of aromatic nitrogens is 1. The average Bonchev–Trinajstić information content (AvgIpc) is 3.15. The van der Waals surface area contributed by atoms with Crippen LogP contribution in [0.3, 0.4) is 0 Å². The Morgan fingerprint density at radius 1 is 1.25 bits per heavy atom. The van der Waals surface area contributed by atoms with Crippen molar-refractivity contribution in [2.24, 2.45) is 5.92 Å². The molecule has 1 aromatic carbocycles. The zero-order valence-corrected chi connectivity index (χ0v) is 17.9. The number of ether oxygens (including phenoxy) is 1. The van der Waals surface area contributed by atoms with Crippen LogP contribution < -0.4 is 10.1 Å². The Bertz CT molecular complexity index is 757. The van der Waals surface area contributed by atoms with Crippen molar-refractivity contribution in [1.82, 2.24) is 15.2 Å². The maximum Gasteiger partial charge on any atom is 0.273 e. The number of hydrogen-bond acceptors (Lipinski definition) is 5. The summed E-state index contributed by atoms with van der Waals surface area (Å²) in [6.07, 6.45) is 2.31. The van der Waals surface area contributed by atoms with Gasteiger partial charge in [-0.05, 0) is 43.9 Å². The molecule has 0 fully saturated rings. The molecule has 0 saturated carbocycles. The Hall–Kier alpha value is -2.34. The lowest BCUT2D eigenvalue weighted by Crippen LogP contribution is -2.36. The normalized spacial score (nSPS) is 13.6. The molecule has 1 heterocycles. The number of nitrogens with one attached hydrogen (secondary N) is 1. The number of rotatable bonds is 10. The maximum atomic E-state index is 12.3. The number of carbonyl (C=O) groups excluding carboxylic acids is 1. The summed E-state index contributed by atoms with van der Waals surface area (Å²) < 4.78 is 10.9. The lowest BCUT2D eigenvalue weighted by atomic mass is 10.0. The second-order valence-corrected chi connectivity index (χ2v) is 7.65. The van der Waals surface area contributed by atoms with Gasteiger partial charge in [-0.3, -0.25) is 9.69 Å². The fraction of sp³-hybridized carbons (Fsp3) is 0.545. The maximum absolute atomic E-state index is 12.3. The fourth-order valence-electron chi connectivity index (χ4n) is 2.83. The highest BCUT2D eigenvalue weighted by atomic mass is 16.5. The fourth-order valence-corrected chi connectivity index (χ4v) is 2.83. The van der Waals surface area contributed by atoms with Gasteiger partial charge in [-0.25, -0.2) is 4.98 Å². The van der Waals surface area contributed by atoms with Gasteiger partial charge in [-0.2, -0.15) is 0 Å². The smallest absolute Gasteiger partial charge is 0.273 e. The molecule has 2 atom stereocenters. The van der Waals surface area contributed by atoms with Crippen LogP contribution in [0.25, 0.3) is 0 Å².